The molecule has 0 unspecified atom stereocenters. The predicted molar refractivity (Wildman–Crippen MR) is 104 cm³/mol. The third-order valence-electron chi connectivity index (χ3n) is 4.33. The normalized spacial score (nSPS) is 15.7. The van der Waals surface area contributed by atoms with Gasteiger partial charge in [-0.25, -0.2) is 0 Å². The second kappa shape index (κ2) is 17.9. The molecule has 0 saturated carbocycles. The lowest BCUT2D eigenvalue weighted by Crippen LogP contribution is -1.90. The van der Waals surface area contributed by atoms with Gasteiger partial charge < -0.3 is 13.6 Å². The summed E-state index contributed by atoms with van der Waals surface area (Å²) in [7, 11) is -0.996. The first kappa shape index (κ1) is 22.1. The van der Waals surface area contributed by atoms with Crippen LogP contribution in [0.4, 0.5) is 0 Å². The van der Waals surface area contributed by atoms with Crippen molar-refractivity contribution < 1.29 is 13.6 Å². The molecule has 0 aliphatic carbocycles. The van der Waals surface area contributed by atoms with Crippen molar-refractivity contribution in [3.8, 4) is 0 Å². The Hall–Kier alpha value is 0.0500. The van der Waals surface area contributed by atoms with Crippen LogP contribution in [0.5, 0.6) is 0 Å². The minimum atomic E-state index is -0.996. The highest BCUT2D eigenvalue weighted by atomic mass is 31.2. The van der Waals surface area contributed by atoms with Crippen molar-refractivity contribution in [3.63, 3.8) is 0 Å². The van der Waals surface area contributed by atoms with E-state index < -0.39 is 8.60 Å². The zero-order chi connectivity index (χ0) is 17.1. The zero-order valence-corrected chi connectivity index (χ0v) is 16.7. The first-order valence-electron chi connectivity index (χ1n) is 10.3. The van der Waals surface area contributed by atoms with Crippen molar-refractivity contribution in [1.29, 1.82) is 0 Å². The Balaban J connectivity index is 1.68. The standard InChI is InChI=1S/C20H39O3P/c1-2-3-4-5-6-7-8-9-10-11-12-13-14-15-16-17-18-21-24-22-19-20-23-24/h9-10H,2-8,11-20H2,1H3. The fourth-order valence-electron chi connectivity index (χ4n) is 2.82. The van der Waals surface area contributed by atoms with Crippen LogP contribution >= 0.6 is 8.60 Å². The molecule has 0 aromatic heterocycles. The molecule has 142 valence electrons. The molecule has 0 spiro atoms. The van der Waals surface area contributed by atoms with Gasteiger partial charge in [-0.2, -0.15) is 0 Å². The highest BCUT2D eigenvalue weighted by molar-refractivity contribution is 7.41. The van der Waals surface area contributed by atoms with Gasteiger partial charge >= 0.3 is 8.60 Å². The smallest absolute Gasteiger partial charge is 0.312 e. The number of hydrogen-bond donors (Lipinski definition) is 0. The number of hydrogen-bond acceptors (Lipinski definition) is 3. The average molecular weight is 359 g/mol. The Morgan fingerprint density at radius 2 is 1.21 bits per heavy atom. The maximum atomic E-state index is 5.53. The van der Waals surface area contributed by atoms with Crippen molar-refractivity contribution in [2.24, 2.45) is 0 Å². The van der Waals surface area contributed by atoms with Gasteiger partial charge in [0.05, 0.1) is 19.8 Å². The lowest BCUT2D eigenvalue weighted by molar-refractivity contribution is 0.241. The second-order valence-electron chi connectivity index (χ2n) is 6.66. The van der Waals surface area contributed by atoms with Crippen LogP contribution in [0.15, 0.2) is 12.2 Å². The van der Waals surface area contributed by atoms with Crippen LogP contribution in [0.1, 0.15) is 96.8 Å². The largest absolute Gasteiger partial charge is 0.332 e. The van der Waals surface area contributed by atoms with Gasteiger partial charge in [0.2, 0.25) is 0 Å². The monoisotopic (exact) mass is 358 g/mol. The van der Waals surface area contributed by atoms with E-state index >= 15 is 0 Å². The first-order chi connectivity index (χ1) is 11.9. The highest BCUT2D eigenvalue weighted by Crippen LogP contribution is 2.43. The van der Waals surface area contributed by atoms with Gasteiger partial charge in [-0.1, -0.05) is 76.9 Å². The number of unbranched alkanes of at least 4 members (excludes halogenated alkanes) is 12. The topological polar surface area (TPSA) is 27.7 Å². The molecule has 0 atom stereocenters. The summed E-state index contributed by atoms with van der Waals surface area (Å²) >= 11 is 0. The van der Waals surface area contributed by atoms with E-state index in [0.29, 0.717) is 13.2 Å². The molecule has 0 N–H and O–H groups in total. The second-order valence-corrected chi connectivity index (χ2v) is 7.88. The molecule has 3 nitrogen and oxygen atoms in total. The van der Waals surface area contributed by atoms with Gasteiger partial charge in [0.1, 0.15) is 0 Å². The van der Waals surface area contributed by atoms with Gasteiger partial charge in [-0.15, -0.1) is 0 Å². The van der Waals surface area contributed by atoms with Crippen molar-refractivity contribution >= 4 is 8.60 Å². The Bertz CT molecular complexity index is 278. The minimum Gasteiger partial charge on any atom is -0.312 e. The molecule has 4 heteroatoms. The van der Waals surface area contributed by atoms with E-state index in [0.717, 1.165) is 13.0 Å². The molecular formula is C20H39O3P. The quantitative estimate of drug-likeness (QED) is 0.155. The minimum absolute atomic E-state index is 0.694. The van der Waals surface area contributed by atoms with E-state index in [1.165, 1.54) is 83.5 Å². The summed E-state index contributed by atoms with van der Waals surface area (Å²) in [4.78, 5) is 0. The Morgan fingerprint density at radius 1 is 0.708 bits per heavy atom. The zero-order valence-electron chi connectivity index (χ0n) is 15.8. The van der Waals surface area contributed by atoms with Gasteiger partial charge in [-0.05, 0) is 32.1 Å². The van der Waals surface area contributed by atoms with Gasteiger partial charge in [0, 0.05) is 0 Å². The molecule has 1 fully saturated rings. The SMILES string of the molecule is CCCCCCCCC=CCCCCCCCCOP1OCCO1. The summed E-state index contributed by atoms with van der Waals surface area (Å²) in [6.45, 7) is 4.45. The van der Waals surface area contributed by atoms with Gasteiger partial charge in [0.15, 0.2) is 0 Å². The third-order valence-corrected chi connectivity index (χ3v) is 5.51. The first-order valence-corrected chi connectivity index (χ1v) is 11.4. The molecule has 1 saturated heterocycles. The Labute approximate surface area is 151 Å². The third kappa shape index (κ3) is 14.4. The Kier molecular flexibility index (Phi) is 16.4. The molecule has 0 aromatic carbocycles. The fourth-order valence-corrected chi connectivity index (χ4v) is 3.77. The summed E-state index contributed by atoms with van der Waals surface area (Å²) in [6.07, 6.45) is 23.5. The van der Waals surface area contributed by atoms with E-state index in [-0.39, 0.29) is 0 Å². The summed E-state index contributed by atoms with van der Waals surface area (Å²) in [5.41, 5.74) is 0. The lowest BCUT2D eigenvalue weighted by atomic mass is 10.1. The average Bonchev–Trinajstić information content (AvgIpc) is 3.11. The van der Waals surface area contributed by atoms with Crippen LogP contribution in [0.25, 0.3) is 0 Å². The van der Waals surface area contributed by atoms with E-state index in [2.05, 4.69) is 19.1 Å². The van der Waals surface area contributed by atoms with Crippen LogP contribution < -0.4 is 0 Å². The number of rotatable bonds is 17. The van der Waals surface area contributed by atoms with Crippen LogP contribution in [-0.2, 0) is 13.6 Å². The summed E-state index contributed by atoms with van der Waals surface area (Å²) in [5.74, 6) is 0. The predicted octanol–water partition coefficient (Wildman–Crippen LogP) is 7.31. The van der Waals surface area contributed by atoms with Crippen LogP contribution in [0.3, 0.4) is 0 Å². The van der Waals surface area contributed by atoms with E-state index in [9.17, 15) is 0 Å². The van der Waals surface area contributed by atoms with Gasteiger partial charge in [-0.3, -0.25) is 0 Å². The summed E-state index contributed by atoms with van der Waals surface area (Å²) in [5, 5.41) is 0. The molecule has 1 rings (SSSR count). The molecule has 0 amide bonds. The van der Waals surface area contributed by atoms with E-state index in [4.69, 9.17) is 13.6 Å². The highest BCUT2D eigenvalue weighted by Gasteiger charge is 2.17. The molecular weight excluding hydrogens is 319 g/mol. The van der Waals surface area contributed by atoms with E-state index in [1.807, 2.05) is 0 Å². The summed E-state index contributed by atoms with van der Waals surface area (Å²) < 4.78 is 16.1. The van der Waals surface area contributed by atoms with Crippen molar-refractivity contribution in [2.45, 2.75) is 96.8 Å². The van der Waals surface area contributed by atoms with Crippen LogP contribution in [0, 0.1) is 0 Å². The van der Waals surface area contributed by atoms with Crippen LogP contribution in [-0.4, -0.2) is 19.8 Å². The van der Waals surface area contributed by atoms with Crippen molar-refractivity contribution in [1.82, 2.24) is 0 Å². The van der Waals surface area contributed by atoms with Crippen molar-refractivity contribution in [2.75, 3.05) is 19.8 Å². The van der Waals surface area contributed by atoms with Gasteiger partial charge in [0.25, 0.3) is 0 Å². The maximum Gasteiger partial charge on any atom is 0.332 e. The van der Waals surface area contributed by atoms with Crippen molar-refractivity contribution in [3.05, 3.63) is 12.2 Å². The maximum absolute atomic E-state index is 5.53. The molecule has 1 heterocycles. The molecule has 1 aliphatic heterocycles. The summed E-state index contributed by atoms with van der Waals surface area (Å²) in [6, 6.07) is 0. The molecule has 0 aromatic rings. The molecule has 0 bridgehead atoms. The Morgan fingerprint density at radius 3 is 1.79 bits per heavy atom. The molecule has 1 aliphatic rings. The fraction of sp³-hybridized carbons (Fsp3) is 0.900. The van der Waals surface area contributed by atoms with Crippen LogP contribution in [0.2, 0.25) is 0 Å². The lowest BCUT2D eigenvalue weighted by Gasteiger charge is -2.07. The number of allylic oxidation sites excluding steroid dienone is 2. The molecule has 0 radical (unpaired) electrons. The van der Waals surface area contributed by atoms with E-state index in [1.54, 1.807) is 0 Å². The molecule has 24 heavy (non-hydrogen) atoms.